The zero-order valence-corrected chi connectivity index (χ0v) is 19.1. The molecule has 4 rings (SSSR count). The molecule has 1 amide bonds. The first kappa shape index (κ1) is 23.4. The number of nitrogens with zero attached hydrogens (tertiary/aromatic N) is 1. The summed E-state index contributed by atoms with van der Waals surface area (Å²) in [5.74, 6) is -1.59. The van der Waals surface area contributed by atoms with Crippen LogP contribution in [0.5, 0.6) is 11.5 Å². The Morgan fingerprint density at radius 2 is 1.76 bits per heavy atom. The van der Waals surface area contributed by atoms with E-state index in [1.54, 1.807) is 12.1 Å². The Balaban J connectivity index is 1.56. The number of carbonyl (C=O) groups excluding carboxylic acids is 1. The maximum absolute atomic E-state index is 14.5. The SMILES string of the molecule is COc1ccc(OC)c(NC(=O)c2cc(S(=O)(=O)N3CCC4(CC3)OCCO4)ccc2F)c1. The maximum Gasteiger partial charge on any atom is 0.258 e. The van der Waals surface area contributed by atoms with Crippen molar-refractivity contribution in [3.05, 3.63) is 47.8 Å². The fraction of sp³-hybridized carbons (Fsp3) is 0.409. The average Bonchev–Trinajstić information content (AvgIpc) is 3.27. The Kier molecular flexibility index (Phi) is 6.57. The summed E-state index contributed by atoms with van der Waals surface area (Å²) < 4.78 is 63.8. The normalized spacial score (nSPS) is 18.3. The molecule has 9 nitrogen and oxygen atoms in total. The van der Waals surface area contributed by atoms with Gasteiger partial charge in [-0.15, -0.1) is 0 Å². The number of anilines is 1. The van der Waals surface area contributed by atoms with Gasteiger partial charge in [0.1, 0.15) is 17.3 Å². The molecule has 2 aliphatic rings. The molecule has 2 heterocycles. The minimum atomic E-state index is -3.95. The van der Waals surface area contributed by atoms with Crippen molar-refractivity contribution in [1.82, 2.24) is 4.31 Å². The van der Waals surface area contributed by atoms with Crippen molar-refractivity contribution in [2.24, 2.45) is 0 Å². The van der Waals surface area contributed by atoms with Crippen LogP contribution in [-0.2, 0) is 19.5 Å². The van der Waals surface area contributed by atoms with E-state index in [0.29, 0.717) is 37.6 Å². The molecular weight excluding hydrogens is 455 g/mol. The number of carbonyl (C=O) groups is 1. The van der Waals surface area contributed by atoms with E-state index < -0.39 is 33.1 Å². The van der Waals surface area contributed by atoms with Crippen LogP contribution in [0.2, 0.25) is 0 Å². The van der Waals surface area contributed by atoms with Gasteiger partial charge in [-0.1, -0.05) is 0 Å². The van der Waals surface area contributed by atoms with E-state index in [4.69, 9.17) is 18.9 Å². The molecule has 0 radical (unpaired) electrons. The Morgan fingerprint density at radius 1 is 1.06 bits per heavy atom. The molecule has 2 aromatic rings. The van der Waals surface area contributed by atoms with Crippen LogP contribution in [0.3, 0.4) is 0 Å². The summed E-state index contributed by atoms with van der Waals surface area (Å²) in [5, 5.41) is 2.56. The van der Waals surface area contributed by atoms with Crippen LogP contribution in [0.1, 0.15) is 23.2 Å². The fourth-order valence-corrected chi connectivity index (χ4v) is 5.41. The molecule has 2 aromatic carbocycles. The minimum absolute atomic E-state index is 0.170. The van der Waals surface area contributed by atoms with Gasteiger partial charge in [-0.3, -0.25) is 4.79 Å². The first-order valence-electron chi connectivity index (χ1n) is 10.4. The highest BCUT2D eigenvalue weighted by atomic mass is 32.2. The van der Waals surface area contributed by atoms with Gasteiger partial charge in [0.2, 0.25) is 10.0 Å². The Bertz CT molecular complexity index is 1140. The molecule has 0 aliphatic carbocycles. The summed E-state index contributed by atoms with van der Waals surface area (Å²) >= 11 is 0. The van der Waals surface area contributed by atoms with Crippen LogP contribution in [0.4, 0.5) is 10.1 Å². The van der Waals surface area contributed by atoms with E-state index in [9.17, 15) is 17.6 Å². The zero-order chi connectivity index (χ0) is 23.6. The minimum Gasteiger partial charge on any atom is -0.497 e. The summed E-state index contributed by atoms with van der Waals surface area (Å²) in [5.41, 5.74) is -0.149. The Hall–Kier alpha value is -2.73. The van der Waals surface area contributed by atoms with Gasteiger partial charge >= 0.3 is 0 Å². The first-order valence-corrected chi connectivity index (χ1v) is 11.8. The summed E-state index contributed by atoms with van der Waals surface area (Å²) in [7, 11) is -1.05. The van der Waals surface area contributed by atoms with Gasteiger partial charge in [-0.25, -0.2) is 12.8 Å². The number of hydrogen-bond donors (Lipinski definition) is 1. The van der Waals surface area contributed by atoms with Gasteiger partial charge in [0.25, 0.3) is 5.91 Å². The van der Waals surface area contributed by atoms with Gasteiger partial charge in [0.05, 0.1) is 43.6 Å². The number of halogens is 1. The van der Waals surface area contributed by atoms with E-state index >= 15 is 0 Å². The summed E-state index contributed by atoms with van der Waals surface area (Å²) in [4.78, 5) is 12.7. The van der Waals surface area contributed by atoms with Gasteiger partial charge in [0, 0.05) is 32.0 Å². The maximum atomic E-state index is 14.5. The number of ether oxygens (including phenoxy) is 4. The number of nitrogens with one attached hydrogen (secondary N) is 1. The van der Waals surface area contributed by atoms with E-state index in [0.717, 1.165) is 18.2 Å². The largest absolute Gasteiger partial charge is 0.497 e. The molecular formula is C22H25FN2O7S. The number of sulfonamides is 1. The van der Waals surface area contributed by atoms with E-state index in [1.165, 1.54) is 24.6 Å². The van der Waals surface area contributed by atoms with Crippen molar-refractivity contribution in [2.45, 2.75) is 23.5 Å². The highest BCUT2D eigenvalue weighted by Gasteiger charge is 2.42. The molecule has 0 aromatic heterocycles. The lowest BCUT2D eigenvalue weighted by Gasteiger charge is -2.36. The predicted molar refractivity (Wildman–Crippen MR) is 117 cm³/mol. The second-order valence-electron chi connectivity index (χ2n) is 7.67. The van der Waals surface area contributed by atoms with Crippen molar-refractivity contribution < 1.29 is 36.6 Å². The molecule has 11 heteroatoms. The molecule has 33 heavy (non-hydrogen) atoms. The monoisotopic (exact) mass is 480 g/mol. The molecule has 2 fully saturated rings. The van der Waals surface area contributed by atoms with Crippen LogP contribution in [0.25, 0.3) is 0 Å². The van der Waals surface area contributed by atoms with Crippen molar-refractivity contribution >= 4 is 21.6 Å². The number of benzene rings is 2. The van der Waals surface area contributed by atoms with Crippen LogP contribution >= 0.6 is 0 Å². The van der Waals surface area contributed by atoms with E-state index in [1.807, 2.05) is 0 Å². The van der Waals surface area contributed by atoms with E-state index in [2.05, 4.69) is 5.32 Å². The molecule has 178 valence electrons. The Labute approximate surface area is 191 Å². The van der Waals surface area contributed by atoms with Crippen molar-refractivity contribution in [3.63, 3.8) is 0 Å². The number of methoxy groups -OCH3 is 2. The topological polar surface area (TPSA) is 103 Å². The van der Waals surface area contributed by atoms with E-state index in [-0.39, 0.29) is 23.7 Å². The van der Waals surface area contributed by atoms with Crippen molar-refractivity contribution in [1.29, 1.82) is 0 Å². The number of piperidine rings is 1. The zero-order valence-electron chi connectivity index (χ0n) is 18.3. The molecule has 2 saturated heterocycles. The van der Waals surface area contributed by atoms with Gasteiger partial charge in [-0.2, -0.15) is 4.31 Å². The van der Waals surface area contributed by atoms with Crippen molar-refractivity contribution in [2.75, 3.05) is 45.8 Å². The lowest BCUT2D eigenvalue weighted by molar-refractivity contribution is -0.179. The van der Waals surface area contributed by atoms with Crippen LogP contribution < -0.4 is 14.8 Å². The quantitative estimate of drug-likeness (QED) is 0.678. The smallest absolute Gasteiger partial charge is 0.258 e. The molecule has 1 N–H and O–H groups in total. The first-order chi connectivity index (χ1) is 15.8. The number of hydrogen-bond acceptors (Lipinski definition) is 7. The van der Waals surface area contributed by atoms with Gasteiger partial charge in [-0.05, 0) is 30.3 Å². The highest BCUT2D eigenvalue weighted by molar-refractivity contribution is 7.89. The summed E-state index contributed by atoms with van der Waals surface area (Å²) in [6.07, 6.45) is 0.798. The van der Waals surface area contributed by atoms with Crippen molar-refractivity contribution in [3.8, 4) is 11.5 Å². The molecule has 0 saturated carbocycles. The fourth-order valence-electron chi connectivity index (χ4n) is 3.94. The lowest BCUT2D eigenvalue weighted by atomic mass is 10.1. The Morgan fingerprint density at radius 3 is 2.39 bits per heavy atom. The third kappa shape index (κ3) is 4.67. The molecule has 1 spiro atoms. The van der Waals surface area contributed by atoms with Crippen LogP contribution in [-0.4, -0.2) is 64.9 Å². The average molecular weight is 481 g/mol. The standard InChI is InChI=1S/C22H25FN2O7S/c1-29-15-3-6-20(30-2)19(13-15)24-21(26)17-14-16(4-5-18(17)23)33(27,28)25-9-7-22(8-10-25)31-11-12-32-22/h3-6,13-14H,7-12H2,1-2H3,(H,24,26). The van der Waals surface area contributed by atoms with Gasteiger partial charge in [0.15, 0.2) is 5.79 Å². The van der Waals surface area contributed by atoms with Crippen LogP contribution in [0.15, 0.2) is 41.3 Å². The third-order valence-electron chi connectivity index (χ3n) is 5.77. The molecule has 2 aliphatic heterocycles. The van der Waals surface area contributed by atoms with Crippen LogP contribution in [0, 0.1) is 5.82 Å². The molecule has 0 atom stereocenters. The molecule has 0 unspecified atom stereocenters. The predicted octanol–water partition coefficient (Wildman–Crippen LogP) is 2.62. The lowest BCUT2D eigenvalue weighted by Crippen LogP contribution is -2.47. The highest BCUT2D eigenvalue weighted by Crippen LogP contribution is 2.34. The summed E-state index contributed by atoms with van der Waals surface area (Å²) in [6.45, 7) is 1.37. The number of amides is 1. The summed E-state index contributed by atoms with van der Waals surface area (Å²) in [6, 6.07) is 7.92. The second kappa shape index (κ2) is 9.26. The molecule has 0 bridgehead atoms. The second-order valence-corrected chi connectivity index (χ2v) is 9.61. The number of rotatable bonds is 6. The van der Waals surface area contributed by atoms with Gasteiger partial charge < -0.3 is 24.3 Å². The third-order valence-corrected chi connectivity index (χ3v) is 7.67.